The molecule has 4 heterocycles. The van der Waals surface area contributed by atoms with E-state index in [0.717, 1.165) is 36.4 Å². The number of pyridine rings is 1. The van der Waals surface area contributed by atoms with E-state index in [1.165, 1.54) is 0 Å². The Hall–Kier alpha value is -2.74. The summed E-state index contributed by atoms with van der Waals surface area (Å²) in [6.07, 6.45) is 5.65. The number of nitrogens with one attached hydrogen (secondary N) is 1. The van der Waals surface area contributed by atoms with Gasteiger partial charge < -0.3 is 19.0 Å². The van der Waals surface area contributed by atoms with Crippen LogP contribution in [0.15, 0.2) is 29.0 Å². The SMILES string of the molecule is Cc1cccn2c(CC(=O)NCc3noc([C@H]4CCCO4)n3)cnc12. The zero-order chi connectivity index (χ0) is 17.2. The number of fused-ring (bicyclic) bond motifs is 1. The highest BCUT2D eigenvalue weighted by Crippen LogP contribution is 2.26. The topological polar surface area (TPSA) is 94.5 Å². The summed E-state index contributed by atoms with van der Waals surface area (Å²) in [5.41, 5.74) is 2.77. The van der Waals surface area contributed by atoms with Gasteiger partial charge in [0.15, 0.2) is 5.82 Å². The smallest absolute Gasteiger partial charge is 0.255 e. The zero-order valence-electron chi connectivity index (χ0n) is 13.9. The van der Waals surface area contributed by atoms with Crippen molar-refractivity contribution < 1.29 is 14.1 Å². The van der Waals surface area contributed by atoms with Crippen LogP contribution in [0.25, 0.3) is 5.65 Å². The lowest BCUT2D eigenvalue weighted by Gasteiger charge is -2.04. The molecule has 0 aromatic carbocycles. The number of hydrogen-bond donors (Lipinski definition) is 1. The normalized spacial score (nSPS) is 17.2. The fraction of sp³-hybridized carbons (Fsp3) is 0.412. The molecule has 130 valence electrons. The number of rotatable bonds is 5. The molecule has 1 aliphatic heterocycles. The van der Waals surface area contributed by atoms with Crippen LogP contribution >= 0.6 is 0 Å². The molecule has 1 amide bonds. The third-order valence-electron chi connectivity index (χ3n) is 4.28. The summed E-state index contributed by atoms with van der Waals surface area (Å²) in [6.45, 7) is 2.94. The van der Waals surface area contributed by atoms with Crippen LogP contribution in [0.5, 0.6) is 0 Å². The Balaban J connectivity index is 1.36. The van der Waals surface area contributed by atoms with Crippen LogP contribution in [0.1, 0.15) is 41.9 Å². The molecule has 1 aliphatic rings. The molecule has 1 saturated heterocycles. The van der Waals surface area contributed by atoms with Gasteiger partial charge in [0.1, 0.15) is 11.8 Å². The molecule has 3 aromatic rings. The molecule has 25 heavy (non-hydrogen) atoms. The summed E-state index contributed by atoms with van der Waals surface area (Å²) >= 11 is 0. The van der Waals surface area contributed by atoms with E-state index in [1.807, 2.05) is 29.7 Å². The molecule has 1 atom stereocenters. The average Bonchev–Trinajstić information content (AvgIpc) is 3.34. The molecule has 0 unspecified atom stereocenters. The molecule has 3 aromatic heterocycles. The molecule has 1 fully saturated rings. The predicted molar refractivity (Wildman–Crippen MR) is 87.7 cm³/mol. The number of hydrogen-bond acceptors (Lipinski definition) is 6. The van der Waals surface area contributed by atoms with Gasteiger partial charge in [0, 0.05) is 19.0 Å². The van der Waals surface area contributed by atoms with Gasteiger partial charge in [-0.15, -0.1) is 0 Å². The third-order valence-corrected chi connectivity index (χ3v) is 4.28. The van der Waals surface area contributed by atoms with Crippen molar-refractivity contribution in [3.63, 3.8) is 0 Å². The second kappa shape index (κ2) is 6.64. The molecule has 0 bridgehead atoms. The summed E-state index contributed by atoms with van der Waals surface area (Å²) in [5, 5.41) is 6.71. The summed E-state index contributed by atoms with van der Waals surface area (Å²) in [4.78, 5) is 20.9. The van der Waals surface area contributed by atoms with Crippen LogP contribution in [-0.4, -0.2) is 32.0 Å². The van der Waals surface area contributed by atoms with Crippen molar-refractivity contribution in [2.24, 2.45) is 0 Å². The van der Waals surface area contributed by atoms with E-state index in [2.05, 4.69) is 20.4 Å². The van der Waals surface area contributed by atoms with Gasteiger partial charge in [-0.05, 0) is 31.4 Å². The van der Waals surface area contributed by atoms with Crippen LogP contribution in [0, 0.1) is 6.92 Å². The summed E-state index contributed by atoms with van der Waals surface area (Å²) in [5.74, 6) is 0.818. The molecule has 0 radical (unpaired) electrons. The van der Waals surface area contributed by atoms with E-state index in [-0.39, 0.29) is 25.0 Å². The van der Waals surface area contributed by atoms with Crippen LogP contribution in [-0.2, 0) is 22.5 Å². The maximum Gasteiger partial charge on any atom is 0.255 e. The van der Waals surface area contributed by atoms with E-state index < -0.39 is 0 Å². The fourth-order valence-electron chi connectivity index (χ4n) is 2.98. The van der Waals surface area contributed by atoms with Gasteiger partial charge in [0.2, 0.25) is 5.91 Å². The molecular weight excluding hydrogens is 322 g/mol. The number of imidazole rings is 1. The Kier molecular flexibility index (Phi) is 4.19. The summed E-state index contributed by atoms with van der Waals surface area (Å²) in [7, 11) is 0. The lowest BCUT2D eigenvalue weighted by atomic mass is 10.2. The van der Waals surface area contributed by atoms with Crippen molar-refractivity contribution in [3.8, 4) is 0 Å². The number of carbonyl (C=O) groups excluding carboxylic acids is 1. The van der Waals surface area contributed by atoms with Gasteiger partial charge in [0.25, 0.3) is 5.89 Å². The van der Waals surface area contributed by atoms with Crippen LogP contribution in [0.2, 0.25) is 0 Å². The van der Waals surface area contributed by atoms with Crippen LogP contribution in [0.4, 0.5) is 0 Å². The monoisotopic (exact) mass is 341 g/mol. The molecule has 4 rings (SSSR count). The van der Waals surface area contributed by atoms with Gasteiger partial charge in [0.05, 0.1) is 18.7 Å². The van der Waals surface area contributed by atoms with Gasteiger partial charge >= 0.3 is 0 Å². The van der Waals surface area contributed by atoms with Crippen LogP contribution in [0.3, 0.4) is 0 Å². The maximum absolute atomic E-state index is 12.2. The van der Waals surface area contributed by atoms with Gasteiger partial charge in [-0.3, -0.25) is 4.79 Å². The minimum Gasteiger partial charge on any atom is -0.368 e. The first kappa shape index (κ1) is 15.8. The summed E-state index contributed by atoms with van der Waals surface area (Å²) in [6, 6.07) is 3.94. The Labute approximate surface area is 144 Å². The number of amides is 1. The lowest BCUT2D eigenvalue weighted by molar-refractivity contribution is -0.120. The predicted octanol–water partition coefficient (Wildman–Crippen LogP) is 1.74. The van der Waals surface area contributed by atoms with E-state index >= 15 is 0 Å². The number of nitrogens with zero attached hydrogens (tertiary/aromatic N) is 4. The van der Waals surface area contributed by atoms with E-state index in [9.17, 15) is 4.79 Å². The molecule has 8 heteroatoms. The van der Waals surface area contributed by atoms with E-state index in [0.29, 0.717) is 11.7 Å². The van der Waals surface area contributed by atoms with Crippen molar-refractivity contribution >= 4 is 11.6 Å². The van der Waals surface area contributed by atoms with E-state index in [4.69, 9.17) is 9.26 Å². The van der Waals surface area contributed by atoms with Crippen LogP contribution < -0.4 is 5.32 Å². The quantitative estimate of drug-likeness (QED) is 0.759. The van der Waals surface area contributed by atoms with Crippen molar-refractivity contribution in [2.45, 2.75) is 38.8 Å². The maximum atomic E-state index is 12.2. The van der Waals surface area contributed by atoms with Gasteiger partial charge in [-0.25, -0.2) is 4.98 Å². The van der Waals surface area contributed by atoms with Crippen molar-refractivity contribution in [1.82, 2.24) is 24.8 Å². The Morgan fingerprint density at radius 2 is 2.40 bits per heavy atom. The molecular formula is C17H19N5O3. The first-order valence-electron chi connectivity index (χ1n) is 8.33. The van der Waals surface area contributed by atoms with Crippen molar-refractivity contribution in [3.05, 3.63) is 47.5 Å². The Morgan fingerprint density at radius 3 is 3.24 bits per heavy atom. The molecule has 0 aliphatic carbocycles. The van der Waals surface area contributed by atoms with Gasteiger partial charge in [-0.1, -0.05) is 11.2 Å². The fourth-order valence-corrected chi connectivity index (χ4v) is 2.98. The van der Waals surface area contributed by atoms with Crippen molar-refractivity contribution in [2.75, 3.05) is 6.61 Å². The lowest BCUT2D eigenvalue weighted by Crippen LogP contribution is -2.25. The highest BCUT2D eigenvalue weighted by atomic mass is 16.5. The number of aryl methyl sites for hydroxylation is 1. The highest BCUT2D eigenvalue weighted by molar-refractivity contribution is 5.78. The Morgan fingerprint density at radius 1 is 1.48 bits per heavy atom. The number of carbonyl (C=O) groups is 1. The molecule has 8 nitrogen and oxygen atoms in total. The first-order chi connectivity index (χ1) is 12.2. The van der Waals surface area contributed by atoms with E-state index in [1.54, 1.807) is 6.20 Å². The minimum absolute atomic E-state index is 0.113. The largest absolute Gasteiger partial charge is 0.368 e. The standard InChI is InChI=1S/C17H19N5O3/c1-11-4-2-6-22-12(9-19-16(11)22)8-15(23)18-10-14-20-17(25-21-14)13-5-3-7-24-13/h2,4,6,9,13H,3,5,7-8,10H2,1H3,(H,18,23)/t13-/m1/s1. The molecule has 0 saturated carbocycles. The first-order valence-corrected chi connectivity index (χ1v) is 8.33. The second-order valence-electron chi connectivity index (χ2n) is 6.14. The minimum atomic E-state index is -0.119. The van der Waals surface area contributed by atoms with Crippen molar-refractivity contribution in [1.29, 1.82) is 0 Å². The second-order valence-corrected chi connectivity index (χ2v) is 6.14. The zero-order valence-corrected chi connectivity index (χ0v) is 13.9. The number of ether oxygens (including phenoxy) is 1. The highest BCUT2D eigenvalue weighted by Gasteiger charge is 2.23. The number of aromatic nitrogens is 4. The third kappa shape index (κ3) is 3.25. The molecule has 1 N–H and O–H groups in total. The Bertz CT molecular complexity index is 895. The van der Waals surface area contributed by atoms with Gasteiger partial charge in [-0.2, -0.15) is 4.98 Å². The summed E-state index contributed by atoms with van der Waals surface area (Å²) < 4.78 is 12.6. The average molecular weight is 341 g/mol. The molecule has 0 spiro atoms.